The van der Waals surface area contributed by atoms with Crippen LogP contribution in [0.5, 0.6) is 0 Å². The Morgan fingerprint density at radius 2 is 1.67 bits per heavy atom. The van der Waals surface area contributed by atoms with E-state index in [9.17, 15) is 15.0 Å². The summed E-state index contributed by atoms with van der Waals surface area (Å²) in [6, 6.07) is 0. The summed E-state index contributed by atoms with van der Waals surface area (Å²) in [5, 5.41) is 21.3. The molecule has 0 radical (unpaired) electrons. The molecule has 4 saturated carbocycles. The lowest BCUT2D eigenvalue weighted by molar-refractivity contribution is -0.202. The van der Waals surface area contributed by atoms with Crippen molar-refractivity contribution in [2.24, 2.45) is 50.7 Å². The van der Waals surface area contributed by atoms with Crippen LogP contribution in [0.3, 0.4) is 0 Å². The van der Waals surface area contributed by atoms with Gasteiger partial charge in [0.05, 0.1) is 11.5 Å². The summed E-state index contributed by atoms with van der Waals surface area (Å²) in [6.45, 7) is 18.6. The first-order valence-electron chi connectivity index (χ1n) is 13.5. The lowest BCUT2D eigenvalue weighted by atomic mass is 9.34. The fourth-order valence-corrected chi connectivity index (χ4v) is 10.7. The molecule has 0 heterocycles. The van der Waals surface area contributed by atoms with Crippen LogP contribution < -0.4 is 0 Å². The fraction of sp³-hybridized carbons (Fsp3) is 0.833. The zero-order valence-corrected chi connectivity index (χ0v) is 21.8. The Balaban J connectivity index is 1.62. The molecule has 0 bridgehead atoms. The molecule has 0 aromatic rings. The monoisotopic (exact) mass is 454 g/mol. The molecule has 3 nitrogen and oxygen atoms in total. The van der Waals surface area contributed by atoms with E-state index < -0.39 is 11.4 Å². The Bertz CT molecular complexity index is 916. The van der Waals surface area contributed by atoms with E-state index in [0.717, 1.165) is 44.9 Å². The summed E-state index contributed by atoms with van der Waals surface area (Å²) in [5.41, 5.74) is 2.44. The highest BCUT2D eigenvalue weighted by Gasteiger charge is 2.70. The predicted octanol–water partition coefficient (Wildman–Crippen LogP) is 7.01. The summed E-state index contributed by atoms with van der Waals surface area (Å²) in [7, 11) is 0. The average Bonchev–Trinajstić information content (AvgIpc) is 3.13. The first kappa shape index (κ1) is 23.6. The fourth-order valence-electron chi connectivity index (χ4n) is 10.7. The van der Waals surface area contributed by atoms with Crippen LogP contribution in [0, 0.1) is 50.7 Å². The van der Waals surface area contributed by atoms with Crippen molar-refractivity contribution >= 4 is 5.97 Å². The smallest absolute Gasteiger partial charge is 0.310 e. The topological polar surface area (TPSA) is 57.5 Å². The van der Waals surface area contributed by atoms with Gasteiger partial charge in [0.2, 0.25) is 0 Å². The van der Waals surface area contributed by atoms with Crippen molar-refractivity contribution in [1.82, 2.24) is 0 Å². The van der Waals surface area contributed by atoms with E-state index in [4.69, 9.17) is 0 Å². The maximum Gasteiger partial charge on any atom is 0.310 e. The number of allylic oxidation sites excluding steroid dienone is 3. The van der Waals surface area contributed by atoms with Gasteiger partial charge in [-0.15, -0.1) is 0 Å². The van der Waals surface area contributed by atoms with Gasteiger partial charge in [-0.2, -0.15) is 0 Å². The lowest BCUT2D eigenvalue weighted by Crippen LogP contribution is -2.64. The largest absolute Gasteiger partial charge is 0.481 e. The molecule has 184 valence electrons. The van der Waals surface area contributed by atoms with Gasteiger partial charge < -0.3 is 10.2 Å². The quantitative estimate of drug-likeness (QED) is 0.441. The number of carboxylic acid groups (broad SMARTS) is 1. The number of hydrogen-bond donors (Lipinski definition) is 2. The van der Waals surface area contributed by atoms with Crippen molar-refractivity contribution in [3.05, 3.63) is 23.8 Å². The first-order chi connectivity index (χ1) is 15.3. The minimum Gasteiger partial charge on any atom is -0.481 e. The number of aliphatic carboxylic acids is 1. The molecule has 0 saturated heterocycles. The molecule has 5 rings (SSSR count). The van der Waals surface area contributed by atoms with Gasteiger partial charge in [0.25, 0.3) is 0 Å². The molecular formula is C30H46O3. The van der Waals surface area contributed by atoms with Crippen molar-refractivity contribution < 1.29 is 15.0 Å². The van der Waals surface area contributed by atoms with E-state index in [0.29, 0.717) is 17.8 Å². The van der Waals surface area contributed by atoms with Crippen LogP contribution in [-0.2, 0) is 4.79 Å². The molecule has 33 heavy (non-hydrogen) atoms. The molecule has 0 spiro atoms. The number of hydrogen-bond acceptors (Lipinski definition) is 2. The Morgan fingerprint density at radius 1 is 0.970 bits per heavy atom. The molecule has 5 aliphatic carbocycles. The van der Waals surface area contributed by atoms with Crippen LogP contribution in [0.15, 0.2) is 23.8 Å². The molecular weight excluding hydrogens is 408 g/mol. The van der Waals surface area contributed by atoms with E-state index in [1.54, 1.807) is 0 Å². The predicted molar refractivity (Wildman–Crippen MR) is 133 cm³/mol. The molecule has 3 heteroatoms. The van der Waals surface area contributed by atoms with Gasteiger partial charge >= 0.3 is 5.97 Å². The van der Waals surface area contributed by atoms with Crippen LogP contribution >= 0.6 is 0 Å². The maximum atomic E-state index is 12.7. The summed E-state index contributed by atoms with van der Waals surface area (Å²) >= 11 is 0. The number of carbonyl (C=O) groups is 1. The normalized spacial score (nSPS) is 52.6. The van der Waals surface area contributed by atoms with Crippen LogP contribution in [-0.4, -0.2) is 22.3 Å². The molecule has 2 N–H and O–H groups in total. The van der Waals surface area contributed by atoms with Crippen LogP contribution in [0.1, 0.15) is 99.3 Å². The van der Waals surface area contributed by atoms with E-state index in [-0.39, 0.29) is 33.7 Å². The zero-order valence-electron chi connectivity index (χ0n) is 21.8. The molecule has 4 unspecified atom stereocenters. The van der Waals surface area contributed by atoms with E-state index in [2.05, 4.69) is 54.2 Å². The van der Waals surface area contributed by atoms with E-state index in [1.807, 2.05) is 0 Å². The van der Waals surface area contributed by atoms with Crippen molar-refractivity contribution in [3.8, 4) is 0 Å². The van der Waals surface area contributed by atoms with Crippen molar-refractivity contribution in [3.63, 3.8) is 0 Å². The molecule has 4 fully saturated rings. The third kappa shape index (κ3) is 2.69. The standard InChI is InChI=1S/C30H46O3/c1-18(2)19-10-15-30(25(32)33)17-16-28(6)20(24(19)30)8-9-22-27(5)13-12-23(31)26(3,4)21(27)11-14-29(22,28)7/h8,19,21-24,31H,1,9-17H2,2-7H3,(H,32,33)/t19?,21?,22?,23-,24?,27-,28+,29+,30-/m0/s1. The molecule has 0 aromatic heterocycles. The minimum absolute atomic E-state index is 0.0409. The van der Waals surface area contributed by atoms with Crippen molar-refractivity contribution in [2.45, 2.75) is 105 Å². The molecule has 9 atom stereocenters. The van der Waals surface area contributed by atoms with Gasteiger partial charge in [0.15, 0.2) is 0 Å². The highest BCUT2D eigenvalue weighted by atomic mass is 16.4. The van der Waals surface area contributed by atoms with Crippen LogP contribution in [0.2, 0.25) is 0 Å². The number of carboxylic acids is 1. The second-order valence-corrected chi connectivity index (χ2v) is 14.1. The van der Waals surface area contributed by atoms with Crippen LogP contribution in [0.4, 0.5) is 0 Å². The third-order valence-electron chi connectivity index (χ3n) is 12.9. The van der Waals surface area contributed by atoms with Gasteiger partial charge in [-0.3, -0.25) is 4.79 Å². The van der Waals surface area contributed by atoms with Gasteiger partial charge in [0, 0.05) is 5.92 Å². The molecule has 5 aliphatic rings. The van der Waals surface area contributed by atoms with Gasteiger partial charge in [-0.05, 0) is 104 Å². The number of fused-ring (bicyclic) bond motifs is 7. The number of rotatable bonds is 2. The maximum absolute atomic E-state index is 12.7. The molecule has 0 amide bonds. The Hall–Kier alpha value is -1.09. The van der Waals surface area contributed by atoms with Crippen LogP contribution in [0.25, 0.3) is 0 Å². The SMILES string of the molecule is C=C(C)C1CC[C@]2(C(=O)O)CC[C@]3(C)C(=CCC4[C@@]5(C)CC[C@H](O)C(C)(C)C5CC[C@]43C)C12. The van der Waals surface area contributed by atoms with E-state index in [1.165, 1.54) is 24.0 Å². The number of aliphatic hydroxyl groups excluding tert-OH is 1. The van der Waals surface area contributed by atoms with Crippen molar-refractivity contribution in [1.29, 1.82) is 0 Å². The third-order valence-corrected chi connectivity index (χ3v) is 12.9. The van der Waals surface area contributed by atoms with Gasteiger partial charge in [-0.1, -0.05) is 58.4 Å². The Kier molecular flexibility index (Phi) is 5.01. The highest BCUT2D eigenvalue weighted by Crippen LogP contribution is 2.76. The zero-order chi connectivity index (χ0) is 24.2. The second kappa shape index (κ2) is 6.99. The average molecular weight is 455 g/mol. The second-order valence-electron chi connectivity index (χ2n) is 14.1. The summed E-state index contributed by atoms with van der Waals surface area (Å²) in [6.07, 6.45) is 11.3. The summed E-state index contributed by atoms with van der Waals surface area (Å²) < 4.78 is 0. The first-order valence-corrected chi connectivity index (χ1v) is 13.5. The summed E-state index contributed by atoms with van der Waals surface area (Å²) in [4.78, 5) is 12.7. The Morgan fingerprint density at radius 3 is 2.30 bits per heavy atom. The van der Waals surface area contributed by atoms with Gasteiger partial charge in [0.1, 0.15) is 0 Å². The molecule has 0 aliphatic heterocycles. The van der Waals surface area contributed by atoms with Crippen molar-refractivity contribution in [2.75, 3.05) is 0 Å². The summed E-state index contributed by atoms with van der Waals surface area (Å²) in [5.74, 6) is 0.958. The molecule has 0 aromatic carbocycles. The number of aliphatic hydroxyl groups is 1. The Labute approximate surface area is 201 Å². The van der Waals surface area contributed by atoms with Gasteiger partial charge in [-0.25, -0.2) is 0 Å². The minimum atomic E-state index is -0.601. The van der Waals surface area contributed by atoms with E-state index >= 15 is 0 Å². The highest BCUT2D eigenvalue weighted by molar-refractivity contribution is 5.77. The lowest BCUT2D eigenvalue weighted by Gasteiger charge is -2.70.